The maximum absolute atomic E-state index is 7.46. The van der Waals surface area contributed by atoms with Gasteiger partial charge in [0.05, 0.1) is 5.84 Å². The van der Waals surface area contributed by atoms with Crippen LogP contribution in [0.4, 0.5) is 0 Å². The van der Waals surface area contributed by atoms with Gasteiger partial charge in [-0.3, -0.25) is 5.41 Å². The minimum atomic E-state index is 0.336. The summed E-state index contributed by atoms with van der Waals surface area (Å²) in [5.41, 5.74) is 5.55. The smallest absolute Gasteiger partial charge is 0.0949 e. The van der Waals surface area contributed by atoms with Crippen molar-refractivity contribution in [3.05, 3.63) is 0 Å². The van der Waals surface area contributed by atoms with Crippen LogP contribution < -0.4 is 5.73 Å². The zero-order valence-electron chi connectivity index (χ0n) is 8.84. The number of nitrogens with zero attached hydrogens (tertiary/aromatic N) is 1. The molecule has 1 heterocycles. The molecule has 0 aromatic rings. The summed E-state index contributed by atoms with van der Waals surface area (Å²) in [5, 5.41) is 7.46. The molecule has 0 radical (unpaired) electrons. The lowest BCUT2D eigenvalue weighted by Crippen LogP contribution is -2.41. The van der Waals surface area contributed by atoms with Gasteiger partial charge in [-0.15, -0.1) is 0 Å². The van der Waals surface area contributed by atoms with Crippen molar-refractivity contribution in [2.75, 3.05) is 19.6 Å². The molecule has 1 saturated heterocycles. The molecule has 14 heavy (non-hydrogen) atoms. The fourth-order valence-corrected chi connectivity index (χ4v) is 2.28. The second-order valence-corrected chi connectivity index (χ2v) is 4.83. The third-order valence-corrected chi connectivity index (χ3v) is 3.50. The summed E-state index contributed by atoms with van der Waals surface area (Å²) in [6.07, 6.45) is 6.60. The van der Waals surface area contributed by atoms with Gasteiger partial charge in [0.25, 0.3) is 0 Å². The first-order valence-corrected chi connectivity index (χ1v) is 5.82. The molecule has 2 fully saturated rings. The zero-order chi connectivity index (χ0) is 9.97. The van der Waals surface area contributed by atoms with Crippen LogP contribution in [0.2, 0.25) is 0 Å². The fourth-order valence-electron chi connectivity index (χ4n) is 2.28. The van der Waals surface area contributed by atoms with Gasteiger partial charge < -0.3 is 10.6 Å². The van der Waals surface area contributed by atoms with Crippen LogP contribution in [-0.2, 0) is 0 Å². The molecule has 3 nitrogen and oxygen atoms in total. The van der Waals surface area contributed by atoms with Gasteiger partial charge in [-0.25, -0.2) is 0 Å². The van der Waals surface area contributed by atoms with Crippen molar-refractivity contribution >= 4 is 5.84 Å². The molecule has 3 heteroatoms. The SMILES string of the molecule is N=C(N)C1CCCN(CCC2CC2)C1. The predicted molar refractivity (Wildman–Crippen MR) is 58.4 cm³/mol. The first-order chi connectivity index (χ1) is 6.75. The van der Waals surface area contributed by atoms with Gasteiger partial charge in [0.1, 0.15) is 0 Å². The van der Waals surface area contributed by atoms with Gasteiger partial charge in [0.15, 0.2) is 0 Å². The van der Waals surface area contributed by atoms with Crippen LogP contribution in [0.25, 0.3) is 0 Å². The molecule has 3 N–H and O–H groups in total. The lowest BCUT2D eigenvalue weighted by atomic mass is 9.97. The Morgan fingerprint density at radius 2 is 2.14 bits per heavy atom. The van der Waals surface area contributed by atoms with Crippen LogP contribution in [0.3, 0.4) is 0 Å². The molecular formula is C11H21N3. The molecule has 0 aromatic carbocycles. The summed E-state index contributed by atoms with van der Waals surface area (Å²) in [7, 11) is 0. The molecular weight excluding hydrogens is 174 g/mol. The summed E-state index contributed by atoms with van der Waals surface area (Å²) in [6.45, 7) is 3.48. The van der Waals surface area contributed by atoms with E-state index in [9.17, 15) is 0 Å². The number of piperidine rings is 1. The molecule has 2 aliphatic rings. The van der Waals surface area contributed by atoms with E-state index in [1.165, 1.54) is 38.8 Å². The zero-order valence-corrected chi connectivity index (χ0v) is 8.84. The van der Waals surface area contributed by atoms with Crippen LogP contribution in [0.1, 0.15) is 32.1 Å². The number of nitrogens with one attached hydrogen (secondary N) is 1. The Morgan fingerprint density at radius 1 is 1.36 bits per heavy atom. The Kier molecular flexibility index (Phi) is 3.06. The van der Waals surface area contributed by atoms with Crippen LogP contribution in [0.15, 0.2) is 0 Å². The van der Waals surface area contributed by atoms with E-state index in [1.807, 2.05) is 0 Å². The first kappa shape index (κ1) is 9.97. The highest BCUT2D eigenvalue weighted by Gasteiger charge is 2.25. The van der Waals surface area contributed by atoms with E-state index in [1.54, 1.807) is 0 Å². The van der Waals surface area contributed by atoms with Crippen LogP contribution >= 0.6 is 0 Å². The van der Waals surface area contributed by atoms with Gasteiger partial charge in [-0.05, 0) is 38.3 Å². The summed E-state index contributed by atoms with van der Waals surface area (Å²) < 4.78 is 0. The maximum atomic E-state index is 7.46. The molecule has 1 unspecified atom stereocenters. The van der Waals surface area contributed by atoms with Crippen LogP contribution in [0, 0.1) is 17.2 Å². The van der Waals surface area contributed by atoms with E-state index in [0.29, 0.717) is 11.8 Å². The summed E-state index contributed by atoms with van der Waals surface area (Å²) in [5.74, 6) is 1.75. The quantitative estimate of drug-likeness (QED) is 0.527. The second-order valence-electron chi connectivity index (χ2n) is 4.83. The minimum Gasteiger partial charge on any atom is -0.387 e. The van der Waals surface area contributed by atoms with Gasteiger partial charge in [0, 0.05) is 12.5 Å². The van der Waals surface area contributed by atoms with Gasteiger partial charge in [-0.2, -0.15) is 0 Å². The van der Waals surface area contributed by atoms with Crippen molar-refractivity contribution in [2.45, 2.75) is 32.1 Å². The molecule has 0 spiro atoms. The molecule has 1 aliphatic carbocycles. The average molecular weight is 195 g/mol. The molecule has 0 aromatic heterocycles. The maximum Gasteiger partial charge on any atom is 0.0949 e. The standard InChI is InChI=1S/C11H21N3/c12-11(13)10-2-1-6-14(8-10)7-5-9-3-4-9/h9-10H,1-8H2,(H3,12,13). The third kappa shape index (κ3) is 2.71. The van der Waals surface area contributed by atoms with E-state index in [4.69, 9.17) is 11.1 Å². The van der Waals surface area contributed by atoms with Crippen molar-refractivity contribution < 1.29 is 0 Å². The van der Waals surface area contributed by atoms with Crippen molar-refractivity contribution in [1.82, 2.24) is 4.90 Å². The topological polar surface area (TPSA) is 53.1 Å². The average Bonchev–Trinajstić information content (AvgIpc) is 2.99. The number of amidine groups is 1. The Labute approximate surface area is 86.2 Å². The Bertz CT molecular complexity index is 211. The highest BCUT2D eigenvalue weighted by atomic mass is 15.1. The molecule has 0 bridgehead atoms. The molecule has 80 valence electrons. The minimum absolute atomic E-state index is 0.336. The second kappa shape index (κ2) is 4.30. The molecule has 0 amide bonds. The summed E-state index contributed by atoms with van der Waals surface area (Å²) >= 11 is 0. The largest absolute Gasteiger partial charge is 0.387 e. The first-order valence-electron chi connectivity index (χ1n) is 5.82. The highest BCUT2D eigenvalue weighted by Crippen LogP contribution is 2.32. The number of likely N-dealkylation sites (tertiary alicyclic amines) is 1. The number of nitrogens with two attached hydrogens (primary N) is 1. The molecule has 2 rings (SSSR count). The van der Waals surface area contributed by atoms with Crippen LogP contribution in [-0.4, -0.2) is 30.4 Å². The third-order valence-electron chi connectivity index (χ3n) is 3.50. The van der Waals surface area contributed by atoms with E-state index >= 15 is 0 Å². The van der Waals surface area contributed by atoms with E-state index < -0.39 is 0 Å². The van der Waals surface area contributed by atoms with E-state index in [-0.39, 0.29) is 0 Å². The number of rotatable bonds is 4. The predicted octanol–water partition coefficient (Wildman–Crippen LogP) is 1.43. The van der Waals surface area contributed by atoms with E-state index in [2.05, 4.69) is 4.90 Å². The molecule has 1 atom stereocenters. The van der Waals surface area contributed by atoms with Crippen molar-refractivity contribution in [3.63, 3.8) is 0 Å². The van der Waals surface area contributed by atoms with Crippen LogP contribution in [0.5, 0.6) is 0 Å². The number of hydrogen-bond acceptors (Lipinski definition) is 2. The van der Waals surface area contributed by atoms with Crippen molar-refractivity contribution in [2.24, 2.45) is 17.6 Å². The lowest BCUT2D eigenvalue weighted by molar-refractivity contribution is 0.198. The Balaban J connectivity index is 1.72. The monoisotopic (exact) mass is 195 g/mol. The van der Waals surface area contributed by atoms with Gasteiger partial charge in [-0.1, -0.05) is 12.8 Å². The summed E-state index contributed by atoms with van der Waals surface area (Å²) in [4.78, 5) is 2.49. The molecule has 1 saturated carbocycles. The highest BCUT2D eigenvalue weighted by molar-refractivity contribution is 5.79. The fraction of sp³-hybridized carbons (Fsp3) is 0.909. The van der Waals surface area contributed by atoms with Gasteiger partial charge >= 0.3 is 0 Å². The number of hydrogen-bond donors (Lipinski definition) is 2. The summed E-state index contributed by atoms with van der Waals surface area (Å²) in [6, 6.07) is 0. The Hall–Kier alpha value is -0.570. The normalized spacial score (nSPS) is 29.0. The van der Waals surface area contributed by atoms with Crippen molar-refractivity contribution in [1.29, 1.82) is 5.41 Å². The van der Waals surface area contributed by atoms with E-state index in [0.717, 1.165) is 18.9 Å². The Morgan fingerprint density at radius 3 is 2.79 bits per heavy atom. The van der Waals surface area contributed by atoms with Gasteiger partial charge in [0.2, 0.25) is 0 Å². The van der Waals surface area contributed by atoms with Crippen molar-refractivity contribution in [3.8, 4) is 0 Å². The molecule has 1 aliphatic heterocycles. The lowest BCUT2D eigenvalue weighted by Gasteiger charge is -2.32.